The van der Waals surface area contributed by atoms with E-state index in [-0.39, 0.29) is 17.7 Å². The summed E-state index contributed by atoms with van der Waals surface area (Å²) >= 11 is 0. The van der Waals surface area contributed by atoms with Gasteiger partial charge in [-0.05, 0) is 61.9 Å². The Morgan fingerprint density at radius 3 is 2.29 bits per heavy atom. The van der Waals surface area contributed by atoms with Crippen molar-refractivity contribution in [2.45, 2.75) is 47.0 Å². The third kappa shape index (κ3) is 5.29. The summed E-state index contributed by atoms with van der Waals surface area (Å²) in [4.78, 5) is 29.7. The average molecular weight is 462 g/mol. The van der Waals surface area contributed by atoms with Crippen molar-refractivity contribution in [1.82, 2.24) is 10.2 Å². The fourth-order valence-electron chi connectivity index (χ4n) is 5.45. The van der Waals surface area contributed by atoms with E-state index in [9.17, 15) is 9.59 Å². The van der Waals surface area contributed by atoms with E-state index >= 15 is 0 Å². The molecule has 4 rings (SSSR count). The van der Waals surface area contributed by atoms with Gasteiger partial charge in [0.1, 0.15) is 0 Å². The molecule has 1 N–H and O–H groups in total. The van der Waals surface area contributed by atoms with Gasteiger partial charge in [0.15, 0.2) is 0 Å². The molecule has 2 aliphatic heterocycles. The van der Waals surface area contributed by atoms with Gasteiger partial charge in [-0.15, -0.1) is 0 Å². The second-order valence-corrected chi connectivity index (χ2v) is 10.3. The van der Waals surface area contributed by atoms with E-state index in [1.54, 1.807) is 0 Å². The molecular formula is C29H39N3O2. The highest BCUT2D eigenvalue weighted by atomic mass is 16.2. The van der Waals surface area contributed by atoms with Crippen LogP contribution >= 0.6 is 0 Å². The summed E-state index contributed by atoms with van der Waals surface area (Å²) in [7, 11) is 0. The monoisotopic (exact) mass is 461 g/mol. The number of anilines is 1. The van der Waals surface area contributed by atoms with Crippen molar-refractivity contribution < 1.29 is 9.59 Å². The number of carbonyl (C=O) groups excluding carboxylic acids is 2. The van der Waals surface area contributed by atoms with Gasteiger partial charge < -0.3 is 15.1 Å². The van der Waals surface area contributed by atoms with E-state index in [4.69, 9.17) is 0 Å². The number of nitrogens with zero attached hydrogens (tertiary/aromatic N) is 2. The van der Waals surface area contributed by atoms with Gasteiger partial charge in [0.2, 0.25) is 5.91 Å². The molecule has 2 aromatic carbocycles. The number of aryl methyl sites for hydroxylation is 3. The van der Waals surface area contributed by atoms with E-state index < -0.39 is 0 Å². The lowest BCUT2D eigenvalue weighted by molar-refractivity contribution is -0.124. The lowest BCUT2D eigenvalue weighted by Crippen LogP contribution is -2.34. The molecule has 0 aliphatic carbocycles. The molecule has 2 fully saturated rings. The highest BCUT2D eigenvalue weighted by Crippen LogP contribution is 2.35. The maximum absolute atomic E-state index is 13.2. The molecule has 0 radical (unpaired) electrons. The van der Waals surface area contributed by atoms with E-state index in [2.05, 4.69) is 39.4 Å². The van der Waals surface area contributed by atoms with Gasteiger partial charge >= 0.3 is 0 Å². The fraction of sp³-hybridized carbons (Fsp3) is 0.517. The number of hydrogen-bond acceptors (Lipinski definition) is 3. The summed E-state index contributed by atoms with van der Waals surface area (Å²) in [5.41, 5.74) is 5.62. The Bertz CT molecular complexity index is 1000. The molecule has 3 unspecified atom stereocenters. The van der Waals surface area contributed by atoms with Crippen molar-refractivity contribution in [2.24, 2.45) is 17.8 Å². The van der Waals surface area contributed by atoms with Crippen molar-refractivity contribution >= 4 is 17.5 Å². The number of carbonyl (C=O) groups is 2. The van der Waals surface area contributed by atoms with Crippen LogP contribution in [-0.2, 0) is 11.2 Å². The Morgan fingerprint density at radius 1 is 1.00 bits per heavy atom. The predicted molar refractivity (Wildman–Crippen MR) is 138 cm³/mol. The van der Waals surface area contributed by atoms with Crippen LogP contribution in [0.1, 0.15) is 53.7 Å². The van der Waals surface area contributed by atoms with Gasteiger partial charge in [-0.25, -0.2) is 0 Å². The quantitative estimate of drug-likeness (QED) is 0.584. The molecule has 2 aliphatic rings. The highest BCUT2D eigenvalue weighted by molar-refractivity contribution is 5.97. The molecule has 2 amide bonds. The van der Waals surface area contributed by atoms with Crippen molar-refractivity contribution in [1.29, 1.82) is 0 Å². The molecule has 34 heavy (non-hydrogen) atoms. The summed E-state index contributed by atoms with van der Waals surface area (Å²) in [6.45, 7) is 12.5. The Morgan fingerprint density at radius 2 is 1.65 bits per heavy atom. The summed E-state index contributed by atoms with van der Waals surface area (Å²) < 4.78 is 0. The smallest absolute Gasteiger partial charge is 0.254 e. The molecule has 2 aromatic rings. The normalized spacial score (nSPS) is 20.4. The maximum atomic E-state index is 13.2. The number of hydrogen-bond donors (Lipinski definition) is 1. The lowest BCUT2D eigenvalue weighted by Gasteiger charge is -2.24. The molecule has 2 saturated heterocycles. The summed E-state index contributed by atoms with van der Waals surface area (Å²) in [5, 5.41) is 3.05. The molecule has 3 atom stereocenters. The van der Waals surface area contributed by atoms with Crippen LogP contribution in [0.4, 0.5) is 5.69 Å². The third-order valence-electron chi connectivity index (χ3n) is 7.75. The first kappa shape index (κ1) is 24.3. The van der Waals surface area contributed by atoms with Crippen molar-refractivity contribution in [3.05, 3.63) is 64.7 Å². The first-order chi connectivity index (χ1) is 16.4. The molecular weight excluding hydrogens is 422 g/mol. The average Bonchev–Trinajstić information content (AvgIpc) is 3.41. The third-order valence-corrected chi connectivity index (χ3v) is 7.75. The second-order valence-electron chi connectivity index (χ2n) is 10.3. The molecule has 2 heterocycles. The zero-order valence-corrected chi connectivity index (χ0v) is 21.1. The minimum Gasteiger partial charge on any atom is -0.371 e. The summed E-state index contributed by atoms with van der Waals surface area (Å²) in [5.74, 6) is 1.51. The van der Waals surface area contributed by atoms with Crippen LogP contribution < -0.4 is 10.2 Å². The topological polar surface area (TPSA) is 52.7 Å². The zero-order chi connectivity index (χ0) is 24.2. The first-order valence-corrected chi connectivity index (χ1v) is 12.8. The molecule has 5 nitrogen and oxygen atoms in total. The van der Waals surface area contributed by atoms with Crippen LogP contribution in [0.15, 0.2) is 42.5 Å². The molecule has 5 heteroatoms. The van der Waals surface area contributed by atoms with Crippen LogP contribution in [0.2, 0.25) is 0 Å². The molecule has 182 valence electrons. The van der Waals surface area contributed by atoms with Gasteiger partial charge in [0.05, 0.1) is 0 Å². The largest absolute Gasteiger partial charge is 0.371 e. The van der Waals surface area contributed by atoms with Crippen molar-refractivity contribution in [3.8, 4) is 0 Å². The first-order valence-electron chi connectivity index (χ1n) is 12.8. The van der Waals surface area contributed by atoms with Crippen LogP contribution in [0.25, 0.3) is 0 Å². The van der Waals surface area contributed by atoms with Crippen LogP contribution in [0.3, 0.4) is 0 Å². The standard InChI is InChI=1S/C29H39N3O2/c1-5-20(2)28(33)30-14-8-12-23-11-7-13-26(15-23)31-16-24-18-32(19-25(24)17-31)29(34)27-21(3)9-6-10-22(27)4/h6-7,9-11,13,15,20,24-25H,5,8,12,14,16-19H2,1-4H3,(H,30,33). The molecule has 0 spiro atoms. The van der Waals surface area contributed by atoms with E-state index in [0.29, 0.717) is 11.8 Å². The highest BCUT2D eigenvalue weighted by Gasteiger charge is 2.42. The summed E-state index contributed by atoms with van der Waals surface area (Å²) in [6, 6.07) is 14.9. The number of nitrogens with one attached hydrogen (secondary N) is 1. The fourth-order valence-corrected chi connectivity index (χ4v) is 5.45. The predicted octanol–water partition coefficient (Wildman–Crippen LogP) is 4.61. The SMILES string of the molecule is CCC(C)C(=O)NCCCc1cccc(N2CC3CN(C(=O)c4c(C)cccc4C)CC3C2)c1. The minimum absolute atomic E-state index is 0.0879. The van der Waals surface area contributed by atoms with Crippen molar-refractivity contribution in [2.75, 3.05) is 37.6 Å². The zero-order valence-electron chi connectivity index (χ0n) is 21.1. The van der Waals surface area contributed by atoms with Gasteiger partial charge in [-0.1, -0.05) is 44.2 Å². The summed E-state index contributed by atoms with van der Waals surface area (Å²) in [6.07, 6.45) is 2.79. The Balaban J connectivity index is 1.30. The number of rotatable bonds is 8. The van der Waals surface area contributed by atoms with Gasteiger partial charge in [0, 0.05) is 61.7 Å². The van der Waals surface area contributed by atoms with Gasteiger partial charge in [0.25, 0.3) is 5.91 Å². The molecule has 0 aromatic heterocycles. The number of fused-ring (bicyclic) bond motifs is 1. The number of amides is 2. The number of benzene rings is 2. The van der Waals surface area contributed by atoms with Crippen LogP contribution in [-0.4, -0.2) is 49.4 Å². The van der Waals surface area contributed by atoms with E-state index in [1.807, 2.05) is 45.9 Å². The van der Waals surface area contributed by atoms with Gasteiger partial charge in [-0.3, -0.25) is 9.59 Å². The van der Waals surface area contributed by atoms with Crippen LogP contribution in [0.5, 0.6) is 0 Å². The Kier molecular flexibility index (Phi) is 7.60. The molecule has 0 bridgehead atoms. The second kappa shape index (κ2) is 10.6. The van der Waals surface area contributed by atoms with E-state index in [1.165, 1.54) is 11.3 Å². The van der Waals surface area contributed by atoms with Gasteiger partial charge in [-0.2, -0.15) is 0 Å². The maximum Gasteiger partial charge on any atom is 0.254 e. The lowest BCUT2D eigenvalue weighted by atomic mass is 10.0. The van der Waals surface area contributed by atoms with E-state index in [0.717, 1.165) is 68.7 Å². The number of likely N-dealkylation sites (tertiary alicyclic amines) is 1. The Labute approximate surface area is 204 Å². The van der Waals surface area contributed by atoms with Crippen molar-refractivity contribution in [3.63, 3.8) is 0 Å². The molecule has 0 saturated carbocycles. The Hall–Kier alpha value is -2.82. The minimum atomic E-state index is 0.0879. The van der Waals surface area contributed by atoms with Crippen LogP contribution in [0, 0.1) is 31.6 Å².